The summed E-state index contributed by atoms with van der Waals surface area (Å²) in [6, 6.07) is 13.8. The van der Waals surface area contributed by atoms with Crippen molar-refractivity contribution in [3.63, 3.8) is 0 Å². The van der Waals surface area contributed by atoms with Crippen molar-refractivity contribution in [3.05, 3.63) is 76.6 Å². The highest BCUT2D eigenvalue weighted by atomic mass is 16.6. The fraction of sp³-hybridized carbons (Fsp3) is 0.0588. The SMILES string of the molecule is O=C(Nc1ccccc1O)c1ccn(COc2ccccc2[N+](=O)[O-])n1. The summed E-state index contributed by atoms with van der Waals surface area (Å²) < 4.78 is 6.73. The van der Waals surface area contributed by atoms with Gasteiger partial charge in [0.25, 0.3) is 5.91 Å². The summed E-state index contributed by atoms with van der Waals surface area (Å²) in [6.07, 6.45) is 1.51. The van der Waals surface area contributed by atoms with Gasteiger partial charge in [-0.3, -0.25) is 14.9 Å². The van der Waals surface area contributed by atoms with Crippen LogP contribution in [0.25, 0.3) is 0 Å². The van der Waals surface area contributed by atoms with E-state index in [4.69, 9.17) is 4.74 Å². The van der Waals surface area contributed by atoms with E-state index >= 15 is 0 Å². The van der Waals surface area contributed by atoms with Crippen LogP contribution in [0, 0.1) is 10.1 Å². The number of ether oxygens (including phenoxy) is 1. The van der Waals surface area contributed by atoms with Gasteiger partial charge in [-0.15, -0.1) is 0 Å². The van der Waals surface area contributed by atoms with Crippen molar-refractivity contribution in [3.8, 4) is 11.5 Å². The molecule has 2 aromatic carbocycles. The number of hydrogen-bond donors (Lipinski definition) is 2. The molecule has 1 aromatic heterocycles. The fourth-order valence-electron chi connectivity index (χ4n) is 2.19. The van der Waals surface area contributed by atoms with Crippen LogP contribution in [0.1, 0.15) is 10.5 Å². The van der Waals surface area contributed by atoms with Crippen LogP contribution in [0.2, 0.25) is 0 Å². The summed E-state index contributed by atoms with van der Waals surface area (Å²) in [5, 5.41) is 27.2. The molecule has 3 rings (SSSR count). The number of phenols is 1. The first-order valence-corrected chi connectivity index (χ1v) is 7.53. The lowest BCUT2D eigenvalue weighted by atomic mass is 10.3. The molecule has 0 aliphatic rings. The number of anilines is 1. The second-order valence-corrected chi connectivity index (χ2v) is 5.21. The van der Waals surface area contributed by atoms with Gasteiger partial charge in [-0.1, -0.05) is 24.3 Å². The highest BCUT2D eigenvalue weighted by Gasteiger charge is 2.15. The summed E-state index contributed by atoms with van der Waals surface area (Å²) in [4.78, 5) is 22.6. The van der Waals surface area contributed by atoms with E-state index in [0.29, 0.717) is 0 Å². The Balaban J connectivity index is 1.66. The average molecular weight is 354 g/mol. The number of aromatic hydroxyl groups is 1. The van der Waals surface area contributed by atoms with Crippen LogP contribution in [0.15, 0.2) is 60.8 Å². The van der Waals surface area contributed by atoms with E-state index in [9.17, 15) is 20.0 Å². The predicted molar refractivity (Wildman–Crippen MR) is 92.0 cm³/mol. The number of aromatic nitrogens is 2. The average Bonchev–Trinajstić information content (AvgIpc) is 3.11. The number of benzene rings is 2. The molecular weight excluding hydrogens is 340 g/mol. The number of carbonyl (C=O) groups is 1. The van der Waals surface area contributed by atoms with E-state index in [0.717, 1.165) is 0 Å². The van der Waals surface area contributed by atoms with Gasteiger partial charge < -0.3 is 15.2 Å². The van der Waals surface area contributed by atoms with Gasteiger partial charge in [-0.2, -0.15) is 5.10 Å². The van der Waals surface area contributed by atoms with Gasteiger partial charge in [0.15, 0.2) is 18.2 Å². The van der Waals surface area contributed by atoms with Crippen LogP contribution >= 0.6 is 0 Å². The van der Waals surface area contributed by atoms with Crippen LogP contribution in [0.5, 0.6) is 11.5 Å². The van der Waals surface area contributed by atoms with Crippen LogP contribution < -0.4 is 10.1 Å². The number of nitro benzene ring substituents is 1. The molecule has 0 aliphatic heterocycles. The molecule has 0 atom stereocenters. The molecule has 0 aliphatic carbocycles. The number of para-hydroxylation sites is 4. The molecule has 26 heavy (non-hydrogen) atoms. The van der Waals surface area contributed by atoms with Gasteiger partial charge in [-0.25, -0.2) is 4.68 Å². The van der Waals surface area contributed by atoms with E-state index in [2.05, 4.69) is 10.4 Å². The summed E-state index contributed by atoms with van der Waals surface area (Å²) in [5.41, 5.74) is 0.222. The van der Waals surface area contributed by atoms with E-state index in [1.807, 2.05) is 0 Å². The highest BCUT2D eigenvalue weighted by molar-refractivity contribution is 6.03. The van der Waals surface area contributed by atoms with Gasteiger partial charge in [0.2, 0.25) is 0 Å². The third kappa shape index (κ3) is 3.78. The minimum atomic E-state index is -0.538. The molecule has 0 fully saturated rings. The number of phenolic OH excluding ortho intramolecular Hbond substituents is 1. The largest absolute Gasteiger partial charge is 0.506 e. The summed E-state index contributed by atoms with van der Waals surface area (Å²) in [7, 11) is 0. The van der Waals surface area contributed by atoms with Crippen LogP contribution in [-0.2, 0) is 6.73 Å². The van der Waals surface area contributed by atoms with Crippen molar-refractivity contribution in [2.24, 2.45) is 0 Å². The first-order chi connectivity index (χ1) is 12.5. The third-order valence-electron chi connectivity index (χ3n) is 3.44. The fourth-order valence-corrected chi connectivity index (χ4v) is 2.19. The Morgan fingerprint density at radius 3 is 2.69 bits per heavy atom. The third-order valence-corrected chi connectivity index (χ3v) is 3.44. The Morgan fingerprint density at radius 2 is 1.92 bits per heavy atom. The number of nitro groups is 1. The van der Waals surface area contributed by atoms with Crippen molar-refractivity contribution in [2.75, 3.05) is 5.32 Å². The molecule has 2 N–H and O–H groups in total. The molecular formula is C17H14N4O5. The highest BCUT2D eigenvalue weighted by Crippen LogP contribution is 2.26. The maximum Gasteiger partial charge on any atom is 0.311 e. The number of amides is 1. The number of carbonyl (C=O) groups excluding carboxylic acids is 1. The van der Waals surface area contributed by atoms with Crippen LogP contribution in [0.4, 0.5) is 11.4 Å². The van der Waals surface area contributed by atoms with Gasteiger partial charge in [-0.05, 0) is 24.3 Å². The molecule has 0 spiro atoms. The lowest BCUT2D eigenvalue weighted by Gasteiger charge is -2.07. The van der Waals surface area contributed by atoms with Crippen molar-refractivity contribution in [1.82, 2.24) is 9.78 Å². The molecule has 9 heteroatoms. The molecule has 0 saturated heterocycles. The molecule has 0 unspecified atom stereocenters. The molecule has 0 radical (unpaired) electrons. The number of nitrogens with zero attached hydrogens (tertiary/aromatic N) is 3. The Bertz CT molecular complexity index is 954. The Morgan fingerprint density at radius 1 is 1.19 bits per heavy atom. The van der Waals surface area contributed by atoms with Crippen molar-refractivity contribution < 1.29 is 19.6 Å². The molecule has 3 aromatic rings. The number of hydrogen-bond acceptors (Lipinski definition) is 6. The first kappa shape index (κ1) is 17.0. The van der Waals surface area contributed by atoms with E-state index in [1.54, 1.807) is 30.3 Å². The zero-order valence-electron chi connectivity index (χ0n) is 13.4. The summed E-state index contributed by atoms with van der Waals surface area (Å²) >= 11 is 0. The number of nitrogens with one attached hydrogen (secondary N) is 1. The summed E-state index contributed by atoms with van der Waals surface area (Å²) in [5.74, 6) is -0.454. The molecule has 0 bridgehead atoms. The van der Waals surface area contributed by atoms with Crippen molar-refractivity contribution >= 4 is 17.3 Å². The minimum Gasteiger partial charge on any atom is -0.506 e. The van der Waals surface area contributed by atoms with E-state index < -0.39 is 10.8 Å². The minimum absolute atomic E-state index is 0.0556. The Hall–Kier alpha value is -3.88. The van der Waals surface area contributed by atoms with Gasteiger partial charge >= 0.3 is 5.69 Å². The molecule has 0 saturated carbocycles. The number of rotatable bonds is 6. The maximum atomic E-state index is 12.2. The van der Waals surface area contributed by atoms with Crippen molar-refractivity contribution in [2.45, 2.75) is 6.73 Å². The second-order valence-electron chi connectivity index (χ2n) is 5.21. The Kier molecular flexibility index (Phi) is 4.79. The quantitative estimate of drug-likeness (QED) is 0.399. The first-order valence-electron chi connectivity index (χ1n) is 7.53. The van der Waals surface area contributed by atoms with Gasteiger partial charge in [0.05, 0.1) is 10.6 Å². The van der Waals surface area contributed by atoms with Crippen LogP contribution in [-0.4, -0.2) is 25.7 Å². The van der Waals surface area contributed by atoms with E-state index in [1.165, 1.54) is 35.1 Å². The topological polar surface area (TPSA) is 120 Å². The van der Waals surface area contributed by atoms with Crippen LogP contribution in [0.3, 0.4) is 0 Å². The smallest absolute Gasteiger partial charge is 0.311 e. The maximum absolute atomic E-state index is 12.2. The normalized spacial score (nSPS) is 10.3. The molecule has 1 amide bonds. The lowest BCUT2D eigenvalue weighted by molar-refractivity contribution is -0.386. The standard InChI is InChI=1S/C17H14N4O5/c22-15-7-3-1-5-12(15)18-17(23)13-9-10-20(19-13)11-26-16-8-4-2-6-14(16)21(24)25/h1-10,22H,11H2,(H,18,23). The lowest BCUT2D eigenvalue weighted by Crippen LogP contribution is -2.14. The van der Waals surface area contributed by atoms with Gasteiger partial charge in [0.1, 0.15) is 5.75 Å². The zero-order chi connectivity index (χ0) is 18.5. The second kappa shape index (κ2) is 7.34. The van der Waals surface area contributed by atoms with E-state index in [-0.39, 0.29) is 35.3 Å². The zero-order valence-corrected chi connectivity index (χ0v) is 13.4. The monoisotopic (exact) mass is 354 g/mol. The summed E-state index contributed by atoms with van der Waals surface area (Å²) in [6.45, 7) is -0.102. The predicted octanol–water partition coefficient (Wildman–Crippen LogP) is 2.79. The molecule has 1 heterocycles. The Labute approximate surface area is 147 Å². The molecule has 9 nitrogen and oxygen atoms in total. The van der Waals surface area contributed by atoms with Crippen molar-refractivity contribution in [1.29, 1.82) is 0 Å². The van der Waals surface area contributed by atoms with Gasteiger partial charge in [0, 0.05) is 12.3 Å². The molecule has 132 valence electrons.